The molecule has 0 aliphatic heterocycles. The summed E-state index contributed by atoms with van der Waals surface area (Å²) in [6, 6.07) is 16.5. The van der Waals surface area contributed by atoms with Gasteiger partial charge in [0.25, 0.3) is 0 Å². The molecule has 4 rings (SSSR count). The predicted molar refractivity (Wildman–Crippen MR) is 133 cm³/mol. The standard InChI is InChI=1S/C28H35N3O3/c1-34-27-14-7-22(8-15-27)19-30(17-18-32)28(33)16-11-25-20-31(21-29-25)26-12-9-24(10-13-26)23-5-3-2-4-6-23/h7-10,12-15,20-21,23,32H,2-6,11,16-19H2,1H3. The van der Waals surface area contributed by atoms with E-state index in [-0.39, 0.29) is 12.5 Å². The van der Waals surface area contributed by atoms with Gasteiger partial charge in [-0.15, -0.1) is 0 Å². The molecule has 1 N–H and O–H groups in total. The molecule has 0 radical (unpaired) electrons. The van der Waals surface area contributed by atoms with E-state index < -0.39 is 0 Å². The summed E-state index contributed by atoms with van der Waals surface area (Å²) in [7, 11) is 1.63. The fourth-order valence-corrected chi connectivity index (χ4v) is 4.75. The van der Waals surface area contributed by atoms with Crippen LogP contribution < -0.4 is 4.74 Å². The van der Waals surface area contributed by atoms with Crippen molar-refractivity contribution < 1.29 is 14.6 Å². The molecule has 1 aliphatic carbocycles. The van der Waals surface area contributed by atoms with Crippen LogP contribution >= 0.6 is 0 Å². The van der Waals surface area contributed by atoms with E-state index in [1.54, 1.807) is 12.0 Å². The molecule has 3 aromatic rings. The van der Waals surface area contributed by atoms with E-state index in [2.05, 4.69) is 29.2 Å². The zero-order chi connectivity index (χ0) is 23.8. The Hall–Kier alpha value is -3.12. The van der Waals surface area contributed by atoms with Crippen molar-refractivity contribution >= 4 is 5.91 Å². The molecule has 2 aromatic carbocycles. The van der Waals surface area contributed by atoms with E-state index in [0.29, 0.717) is 31.8 Å². The SMILES string of the molecule is COc1ccc(CN(CCO)C(=O)CCc2cn(-c3ccc(C4CCCCC4)cc3)cn2)cc1. The first-order valence-electron chi connectivity index (χ1n) is 12.3. The number of methoxy groups -OCH3 is 1. The fraction of sp³-hybridized carbons (Fsp3) is 0.429. The van der Waals surface area contributed by atoms with Crippen molar-refractivity contribution in [2.75, 3.05) is 20.3 Å². The highest BCUT2D eigenvalue weighted by Crippen LogP contribution is 2.32. The van der Waals surface area contributed by atoms with Crippen LogP contribution in [0, 0.1) is 0 Å². The Morgan fingerprint density at radius 3 is 2.50 bits per heavy atom. The maximum atomic E-state index is 12.9. The average molecular weight is 462 g/mol. The van der Waals surface area contributed by atoms with Gasteiger partial charge in [0.15, 0.2) is 0 Å². The molecule has 1 saturated carbocycles. The molecular formula is C28H35N3O3. The van der Waals surface area contributed by atoms with E-state index in [0.717, 1.165) is 22.7 Å². The molecule has 6 nitrogen and oxygen atoms in total. The molecule has 0 bridgehead atoms. The Morgan fingerprint density at radius 1 is 1.09 bits per heavy atom. The molecule has 1 fully saturated rings. The molecule has 6 heteroatoms. The highest BCUT2D eigenvalue weighted by molar-refractivity contribution is 5.76. The summed E-state index contributed by atoms with van der Waals surface area (Å²) in [5, 5.41) is 9.43. The Balaban J connectivity index is 1.33. The summed E-state index contributed by atoms with van der Waals surface area (Å²) in [5.41, 5.74) is 4.42. The number of carbonyl (C=O) groups is 1. The number of rotatable bonds is 10. The Kier molecular flexibility index (Phi) is 8.36. The van der Waals surface area contributed by atoms with Crippen LogP contribution in [0.1, 0.15) is 61.3 Å². The second-order valence-electron chi connectivity index (χ2n) is 9.09. The first-order chi connectivity index (χ1) is 16.7. The van der Waals surface area contributed by atoms with E-state index >= 15 is 0 Å². The molecule has 180 valence electrons. The van der Waals surface area contributed by atoms with Crippen LogP contribution in [0.2, 0.25) is 0 Å². The van der Waals surface area contributed by atoms with Crippen LogP contribution in [0.25, 0.3) is 5.69 Å². The minimum atomic E-state index is -0.0621. The summed E-state index contributed by atoms with van der Waals surface area (Å²) < 4.78 is 7.22. The summed E-state index contributed by atoms with van der Waals surface area (Å²) in [6.45, 7) is 0.713. The second kappa shape index (κ2) is 11.8. The summed E-state index contributed by atoms with van der Waals surface area (Å²) in [6.07, 6.45) is 11.4. The van der Waals surface area contributed by atoms with E-state index in [1.807, 2.05) is 41.4 Å². The Morgan fingerprint density at radius 2 is 1.82 bits per heavy atom. The number of amides is 1. The molecule has 0 saturated heterocycles. The van der Waals surface area contributed by atoms with Gasteiger partial charge in [-0.2, -0.15) is 0 Å². The van der Waals surface area contributed by atoms with Crippen molar-refractivity contribution in [3.05, 3.63) is 77.9 Å². The van der Waals surface area contributed by atoms with E-state index in [1.165, 1.54) is 37.7 Å². The van der Waals surface area contributed by atoms with Crippen LogP contribution in [0.5, 0.6) is 5.75 Å². The average Bonchev–Trinajstić information content (AvgIpc) is 3.37. The van der Waals surface area contributed by atoms with E-state index in [4.69, 9.17) is 4.74 Å². The largest absolute Gasteiger partial charge is 0.497 e. The zero-order valence-corrected chi connectivity index (χ0v) is 20.0. The van der Waals surface area contributed by atoms with Gasteiger partial charge in [0, 0.05) is 31.4 Å². The summed E-state index contributed by atoms with van der Waals surface area (Å²) in [5.74, 6) is 1.49. The molecule has 0 unspecified atom stereocenters. The molecule has 1 aromatic heterocycles. The zero-order valence-electron chi connectivity index (χ0n) is 20.0. The van der Waals surface area contributed by atoms with Crippen LogP contribution in [0.15, 0.2) is 61.1 Å². The molecule has 34 heavy (non-hydrogen) atoms. The molecule has 1 heterocycles. The topological polar surface area (TPSA) is 67.6 Å². The number of ether oxygens (including phenoxy) is 1. The first-order valence-corrected chi connectivity index (χ1v) is 12.3. The Bertz CT molecular complexity index is 1040. The third-order valence-corrected chi connectivity index (χ3v) is 6.75. The van der Waals surface area contributed by atoms with Gasteiger partial charge in [0.2, 0.25) is 5.91 Å². The summed E-state index contributed by atoms with van der Waals surface area (Å²) >= 11 is 0. The second-order valence-corrected chi connectivity index (χ2v) is 9.09. The van der Waals surface area contributed by atoms with Gasteiger partial charge in [-0.25, -0.2) is 4.98 Å². The van der Waals surface area contributed by atoms with Crippen molar-refractivity contribution in [3.63, 3.8) is 0 Å². The van der Waals surface area contributed by atoms with Crippen molar-refractivity contribution in [2.24, 2.45) is 0 Å². The van der Waals surface area contributed by atoms with Crippen LogP contribution in [-0.2, 0) is 17.8 Å². The number of aliphatic hydroxyl groups is 1. The van der Waals surface area contributed by atoms with Crippen molar-refractivity contribution in [2.45, 2.75) is 57.4 Å². The Labute approximate surface area is 202 Å². The number of hydrogen-bond donors (Lipinski definition) is 1. The van der Waals surface area contributed by atoms with Crippen molar-refractivity contribution in [1.82, 2.24) is 14.5 Å². The minimum Gasteiger partial charge on any atom is -0.497 e. The van der Waals surface area contributed by atoms with Crippen molar-refractivity contribution in [1.29, 1.82) is 0 Å². The third kappa shape index (κ3) is 6.26. The van der Waals surface area contributed by atoms with Crippen LogP contribution in [0.3, 0.4) is 0 Å². The quantitative estimate of drug-likeness (QED) is 0.467. The fourth-order valence-electron chi connectivity index (χ4n) is 4.75. The number of aliphatic hydroxyl groups excluding tert-OH is 1. The lowest BCUT2D eigenvalue weighted by molar-refractivity contribution is -0.132. The number of hydrogen-bond acceptors (Lipinski definition) is 4. The van der Waals surface area contributed by atoms with Gasteiger partial charge in [-0.1, -0.05) is 43.5 Å². The molecule has 1 amide bonds. The van der Waals surface area contributed by atoms with Gasteiger partial charge < -0.3 is 19.3 Å². The highest BCUT2D eigenvalue weighted by atomic mass is 16.5. The normalized spacial score (nSPS) is 14.2. The lowest BCUT2D eigenvalue weighted by atomic mass is 9.84. The van der Waals surface area contributed by atoms with Crippen LogP contribution in [0.4, 0.5) is 0 Å². The van der Waals surface area contributed by atoms with Gasteiger partial charge in [-0.3, -0.25) is 4.79 Å². The number of benzene rings is 2. The number of aryl methyl sites for hydroxylation is 1. The maximum absolute atomic E-state index is 12.9. The third-order valence-electron chi connectivity index (χ3n) is 6.75. The monoisotopic (exact) mass is 461 g/mol. The smallest absolute Gasteiger partial charge is 0.223 e. The lowest BCUT2D eigenvalue weighted by Crippen LogP contribution is -2.33. The van der Waals surface area contributed by atoms with Gasteiger partial charge in [0.1, 0.15) is 5.75 Å². The number of carbonyl (C=O) groups excluding carboxylic acids is 1. The van der Waals surface area contributed by atoms with Gasteiger partial charge in [-0.05, 0) is 60.6 Å². The minimum absolute atomic E-state index is 0.0104. The number of imidazole rings is 1. The highest BCUT2D eigenvalue weighted by Gasteiger charge is 2.16. The molecule has 0 atom stereocenters. The molecule has 1 aliphatic rings. The maximum Gasteiger partial charge on any atom is 0.223 e. The predicted octanol–water partition coefficient (Wildman–Crippen LogP) is 4.88. The first kappa shape index (κ1) is 24.0. The summed E-state index contributed by atoms with van der Waals surface area (Å²) in [4.78, 5) is 19.1. The number of aromatic nitrogens is 2. The van der Waals surface area contributed by atoms with E-state index in [9.17, 15) is 9.90 Å². The lowest BCUT2D eigenvalue weighted by Gasteiger charge is -2.22. The van der Waals surface area contributed by atoms with Crippen LogP contribution in [-0.4, -0.2) is 45.7 Å². The number of nitrogens with zero attached hydrogens (tertiary/aromatic N) is 3. The molecular weight excluding hydrogens is 426 g/mol. The van der Waals surface area contributed by atoms with Gasteiger partial charge >= 0.3 is 0 Å². The van der Waals surface area contributed by atoms with Gasteiger partial charge in [0.05, 0.1) is 25.7 Å². The van der Waals surface area contributed by atoms with Crippen molar-refractivity contribution in [3.8, 4) is 11.4 Å². The molecule has 0 spiro atoms.